The van der Waals surface area contributed by atoms with Crippen molar-refractivity contribution in [2.45, 2.75) is 44.8 Å². The fourth-order valence-electron chi connectivity index (χ4n) is 4.01. The van der Waals surface area contributed by atoms with Crippen LogP contribution in [0.25, 0.3) is 0 Å². The standard InChI is InChI=1S/C16H23N5O2/c1-2-4-15-18-19-16(23-15)20-9-11-7-13(21-6-3-5-17-21)14(22)8-12(11)10-20/h3,5-6,11-14,22H,2,4,7-10H2,1H3/t11-,12+,13-,14-/m1/s1. The SMILES string of the molecule is CCCc1nnc(N2C[C@H]3C[C@@H](n4cccn4)[C@H](O)C[C@H]3C2)o1. The number of rotatable bonds is 4. The largest absolute Gasteiger partial charge is 0.408 e. The maximum absolute atomic E-state index is 10.5. The number of aliphatic hydroxyl groups is 1. The van der Waals surface area contributed by atoms with Crippen LogP contribution in [0, 0.1) is 11.8 Å². The van der Waals surface area contributed by atoms with Gasteiger partial charge in [-0.3, -0.25) is 4.68 Å². The predicted octanol–water partition coefficient (Wildman–Crippen LogP) is 1.67. The van der Waals surface area contributed by atoms with Crippen molar-refractivity contribution < 1.29 is 9.52 Å². The molecule has 0 radical (unpaired) electrons. The smallest absolute Gasteiger partial charge is 0.318 e. The number of fused-ring (bicyclic) bond motifs is 1. The molecule has 0 bridgehead atoms. The number of hydrogen-bond acceptors (Lipinski definition) is 6. The Labute approximate surface area is 135 Å². The van der Waals surface area contributed by atoms with E-state index in [1.807, 2.05) is 16.9 Å². The average molecular weight is 317 g/mol. The van der Waals surface area contributed by atoms with Gasteiger partial charge in [0.15, 0.2) is 0 Å². The number of aromatic nitrogens is 4. The van der Waals surface area contributed by atoms with Crippen molar-refractivity contribution in [1.82, 2.24) is 20.0 Å². The van der Waals surface area contributed by atoms with Crippen molar-refractivity contribution in [3.05, 3.63) is 24.4 Å². The molecule has 2 aromatic rings. The minimum Gasteiger partial charge on any atom is -0.408 e. The first-order valence-electron chi connectivity index (χ1n) is 8.49. The lowest BCUT2D eigenvalue weighted by atomic mass is 9.77. The van der Waals surface area contributed by atoms with Crippen molar-refractivity contribution in [3.63, 3.8) is 0 Å². The van der Waals surface area contributed by atoms with Crippen LogP contribution in [-0.4, -0.2) is 44.3 Å². The van der Waals surface area contributed by atoms with E-state index >= 15 is 0 Å². The van der Waals surface area contributed by atoms with Crippen molar-refractivity contribution >= 4 is 6.01 Å². The van der Waals surface area contributed by atoms with E-state index in [0.717, 1.165) is 38.8 Å². The van der Waals surface area contributed by atoms with Crippen molar-refractivity contribution in [3.8, 4) is 0 Å². The number of aliphatic hydroxyl groups excluding tert-OH is 1. The minimum atomic E-state index is -0.338. The topological polar surface area (TPSA) is 80.2 Å². The third kappa shape index (κ3) is 2.73. The first kappa shape index (κ1) is 14.7. The second-order valence-corrected chi connectivity index (χ2v) is 6.75. The van der Waals surface area contributed by atoms with Crippen LogP contribution in [0.4, 0.5) is 6.01 Å². The lowest BCUT2D eigenvalue weighted by molar-refractivity contribution is 0.0306. The zero-order valence-electron chi connectivity index (χ0n) is 13.4. The quantitative estimate of drug-likeness (QED) is 0.924. The third-order valence-corrected chi connectivity index (χ3v) is 5.16. The lowest BCUT2D eigenvalue weighted by Gasteiger charge is -2.35. The first-order chi connectivity index (χ1) is 11.2. The fourth-order valence-corrected chi connectivity index (χ4v) is 4.01. The predicted molar refractivity (Wildman–Crippen MR) is 84.0 cm³/mol. The number of aryl methyl sites for hydroxylation is 1. The Morgan fingerprint density at radius 2 is 2.09 bits per heavy atom. The zero-order valence-corrected chi connectivity index (χ0v) is 13.4. The number of nitrogens with zero attached hydrogens (tertiary/aromatic N) is 5. The zero-order chi connectivity index (χ0) is 15.8. The van der Waals surface area contributed by atoms with Crippen LogP contribution in [0.2, 0.25) is 0 Å². The Bertz CT molecular complexity index is 641. The normalized spacial score (nSPS) is 30.6. The van der Waals surface area contributed by atoms with Crippen LogP contribution < -0.4 is 4.90 Å². The maximum atomic E-state index is 10.5. The number of hydrogen-bond donors (Lipinski definition) is 1. The summed E-state index contributed by atoms with van der Waals surface area (Å²) in [6.45, 7) is 3.91. The third-order valence-electron chi connectivity index (χ3n) is 5.16. The van der Waals surface area contributed by atoms with E-state index in [0.29, 0.717) is 23.7 Å². The van der Waals surface area contributed by atoms with Crippen molar-refractivity contribution in [2.24, 2.45) is 11.8 Å². The molecule has 2 fully saturated rings. The summed E-state index contributed by atoms with van der Waals surface area (Å²) >= 11 is 0. The molecule has 0 amide bonds. The van der Waals surface area contributed by atoms with Gasteiger partial charge in [-0.1, -0.05) is 12.0 Å². The molecule has 0 aromatic carbocycles. The molecule has 3 heterocycles. The van der Waals surface area contributed by atoms with Gasteiger partial charge in [0, 0.05) is 31.9 Å². The van der Waals surface area contributed by atoms with Crippen LogP contribution in [0.15, 0.2) is 22.9 Å². The molecule has 23 heavy (non-hydrogen) atoms. The van der Waals surface area contributed by atoms with Gasteiger partial charge < -0.3 is 14.4 Å². The Balaban J connectivity index is 1.46. The van der Waals surface area contributed by atoms with Crippen LogP contribution >= 0.6 is 0 Å². The van der Waals surface area contributed by atoms with Gasteiger partial charge in [-0.2, -0.15) is 5.10 Å². The Kier molecular flexibility index (Phi) is 3.80. The summed E-state index contributed by atoms with van der Waals surface area (Å²) in [6, 6.07) is 2.62. The van der Waals surface area contributed by atoms with Crippen molar-refractivity contribution in [1.29, 1.82) is 0 Å². The molecule has 0 unspecified atom stereocenters. The van der Waals surface area contributed by atoms with Gasteiger partial charge in [0.25, 0.3) is 0 Å². The van der Waals surface area contributed by atoms with Gasteiger partial charge >= 0.3 is 6.01 Å². The lowest BCUT2D eigenvalue weighted by Crippen LogP contribution is -2.36. The van der Waals surface area contributed by atoms with Gasteiger partial charge in [0.2, 0.25) is 5.89 Å². The minimum absolute atomic E-state index is 0.0736. The Morgan fingerprint density at radius 1 is 1.26 bits per heavy atom. The second kappa shape index (κ2) is 5.96. The molecule has 1 saturated carbocycles. The van der Waals surface area contributed by atoms with Crippen LogP contribution in [0.1, 0.15) is 38.1 Å². The molecule has 7 heteroatoms. The van der Waals surface area contributed by atoms with Gasteiger partial charge in [0.1, 0.15) is 0 Å². The van der Waals surface area contributed by atoms with Crippen LogP contribution in [0.3, 0.4) is 0 Å². The van der Waals surface area contributed by atoms with Gasteiger partial charge in [0.05, 0.1) is 12.1 Å². The summed E-state index contributed by atoms with van der Waals surface area (Å²) in [5.74, 6) is 1.74. The first-order valence-corrected chi connectivity index (χ1v) is 8.49. The van der Waals surface area contributed by atoms with E-state index in [-0.39, 0.29) is 12.1 Å². The summed E-state index contributed by atoms with van der Waals surface area (Å²) in [7, 11) is 0. The highest BCUT2D eigenvalue weighted by molar-refractivity contribution is 5.28. The molecular weight excluding hydrogens is 294 g/mol. The van der Waals surface area contributed by atoms with Gasteiger partial charge in [-0.15, -0.1) is 5.10 Å². The molecule has 0 spiro atoms. The molecule has 4 rings (SSSR count). The van der Waals surface area contributed by atoms with E-state index in [4.69, 9.17) is 4.42 Å². The molecular formula is C16H23N5O2. The molecule has 1 aliphatic heterocycles. The van der Waals surface area contributed by atoms with Gasteiger partial charge in [-0.05, 0) is 37.2 Å². The van der Waals surface area contributed by atoms with E-state index in [1.54, 1.807) is 6.20 Å². The molecule has 1 saturated heterocycles. The highest BCUT2D eigenvalue weighted by atomic mass is 16.4. The van der Waals surface area contributed by atoms with Crippen LogP contribution in [-0.2, 0) is 6.42 Å². The average Bonchev–Trinajstić information content (AvgIpc) is 3.26. The van der Waals surface area contributed by atoms with E-state index in [2.05, 4.69) is 27.1 Å². The van der Waals surface area contributed by atoms with Crippen molar-refractivity contribution in [2.75, 3.05) is 18.0 Å². The Morgan fingerprint density at radius 3 is 2.83 bits per heavy atom. The molecule has 7 nitrogen and oxygen atoms in total. The highest BCUT2D eigenvalue weighted by Crippen LogP contribution is 2.42. The van der Waals surface area contributed by atoms with Gasteiger partial charge in [-0.25, -0.2) is 0 Å². The summed E-state index contributed by atoms with van der Waals surface area (Å²) in [6.07, 6.45) is 6.96. The second-order valence-electron chi connectivity index (χ2n) is 6.75. The molecule has 2 aliphatic rings. The highest BCUT2D eigenvalue weighted by Gasteiger charge is 2.43. The number of anilines is 1. The van der Waals surface area contributed by atoms with E-state index in [1.165, 1.54) is 0 Å². The summed E-state index contributed by atoms with van der Waals surface area (Å²) in [5.41, 5.74) is 0. The fraction of sp³-hybridized carbons (Fsp3) is 0.688. The molecule has 124 valence electrons. The molecule has 1 N–H and O–H groups in total. The molecule has 1 aliphatic carbocycles. The molecule has 4 atom stereocenters. The maximum Gasteiger partial charge on any atom is 0.318 e. The molecule has 2 aromatic heterocycles. The van der Waals surface area contributed by atoms with E-state index in [9.17, 15) is 5.11 Å². The summed E-state index contributed by atoms with van der Waals surface area (Å²) < 4.78 is 7.66. The summed E-state index contributed by atoms with van der Waals surface area (Å²) in [4.78, 5) is 2.18. The summed E-state index contributed by atoms with van der Waals surface area (Å²) in [5, 5.41) is 23.1. The van der Waals surface area contributed by atoms with E-state index < -0.39 is 0 Å². The van der Waals surface area contributed by atoms with Crippen LogP contribution in [0.5, 0.6) is 0 Å². The Hall–Kier alpha value is -1.89. The monoisotopic (exact) mass is 317 g/mol.